The third-order valence-electron chi connectivity index (χ3n) is 2.50. The van der Waals surface area contributed by atoms with Crippen molar-refractivity contribution in [2.24, 2.45) is 0 Å². The molecule has 16 heavy (non-hydrogen) atoms. The van der Waals surface area contributed by atoms with E-state index >= 15 is 0 Å². The van der Waals surface area contributed by atoms with Gasteiger partial charge >= 0.3 is 0 Å². The van der Waals surface area contributed by atoms with E-state index in [1.165, 1.54) is 0 Å². The number of hydrogen-bond donors (Lipinski definition) is 1. The van der Waals surface area contributed by atoms with Crippen molar-refractivity contribution in [3.8, 4) is 5.69 Å². The highest BCUT2D eigenvalue weighted by Crippen LogP contribution is 2.23. The normalized spacial score (nSPS) is 10.7. The average molecular weight is 237 g/mol. The molecular weight excluding hydrogens is 224 g/mol. The van der Waals surface area contributed by atoms with Crippen LogP contribution in [0, 0.1) is 6.92 Å². The molecule has 4 heteroatoms. The molecule has 1 aromatic carbocycles. The predicted molar refractivity (Wildman–Crippen MR) is 64.1 cm³/mol. The predicted octanol–water partition coefficient (Wildman–Crippen LogP) is 2.37. The first kappa shape index (κ1) is 11.2. The van der Waals surface area contributed by atoms with Crippen molar-refractivity contribution in [2.75, 3.05) is 6.61 Å². The van der Waals surface area contributed by atoms with E-state index in [0.29, 0.717) is 11.4 Å². The summed E-state index contributed by atoms with van der Waals surface area (Å²) in [5.41, 5.74) is 1.95. The van der Waals surface area contributed by atoms with Gasteiger partial charge in [0.15, 0.2) is 0 Å². The quantitative estimate of drug-likeness (QED) is 0.889. The minimum atomic E-state index is 0.139. The maximum Gasteiger partial charge on any atom is 0.110 e. The summed E-state index contributed by atoms with van der Waals surface area (Å²) >= 11 is 6.20. The van der Waals surface area contributed by atoms with E-state index in [1.807, 2.05) is 35.9 Å². The zero-order valence-electron chi connectivity index (χ0n) is 9.02. The number of halogens is 1. The Hall–Kier alpha value is -1.32. The van der Waals surface area contributed by atoms with Crippen LogP contribution in [0.1, 0.15) is 11.4 Å². The Labute approximate surface area is 99.3 Å². The van der Waals surface area contributed by atoms with Gasteiger partial charge in [-0.3, -0.25) is 0 Å². The van der Waals surface area contributed by atoms with Gasteiger partial charge in [0.25, 0.3) is 0 Å². The van der Waals surface area contributed by atoms with Crippen LogP contribution in [0.4, 0.5) is 0 Å². The van der Waals surface area contributed by atoms with Crippen molar-refractivity contribution in [2.45, 2.75) is 13.3 Å². The highest BCUT2D eigenvalue weighted by atomic mass is 35.5. The summed E-state index contributed by atoms with van der Waals surface area (Å²) in [6, 6.07) is 5.80. The van der Waals surface area contributed by atoms with E-state index in [4.69, 9.17) is 16.7 Å². The third kappa shape index (κ3) is 2.10. The average Bonchev–Trinajstić information content (AvgIpc) is 2.65. The number of aliphatic hydroxyl groups excluding tert-OH is 1. The Morgan fingerprint density at radius 2 is 2.25 bits per heavy atom. The number of aryl methyl sites for hydroxylation is 1. The second-order valence-corrected chi connectivity index (χ2v) is 4.01. The van der Waals surface area contributed by atoms with Crippen molar-refractivity contribution in [3.63, 3.8) is 0 Å². The van der Waals surface area contributed by atoms with E-state index in [0.717, 1.165) is 17.1 Å². The molecule has 3 nitrogen and oxygen atoms in total. The van der Waals surface area contributed by atoms with E-state index in [1.54, 1.807) is 6.20 Å². The summed E-state index contributed by atoms with van der Waals surface area (Å²) in [6.07, 6.45) is 4.25. The van der Waals surface area contributed by atoms with Gasteiger partial charge < -0.3 is 9.67 Å². The van der Waals surface area contributed by atoms with Gasteiger partial charge in [0.1, 0.15) is 5.82 Å². The minimum absolute atomic E-state index is 0.139. The first-order chi connectivity index (χ1) is 7.72. The van der Waals surface area contributed by atoms with Crippen LogP contribution in [0.15, 0.2) is 30.6 Å². The van der Waals surface area contributed by atoms with Crippen molar-refractivity contribution < 1.29 is 5.11 Å². The Morgan fingerprint density at radius 3 is 2.81 bits per heavy atom. The maximum atomic E-state index is 8.85. The molecule has 0 unspecified atom stereocenters. The topological polar surface area (TPSA) is 38.0 Å². The van der Waals surface area contributed by atoms with E-state index in [2.05, 4.69) is 4.98 Å². The monoisotopic (exact) mass is 236 g/mol. The Kier molecular flexibility index (Phi) is 3.27. The molecule has 0 radical (unpaired) electrons. The maximum absolute atomic E-state index is 8.85. The zero-order chi connectivity index (χ0) is 11.5. The molecule has 84 valence electrons. The summed E-state index contributed by atoms with van der Waals surface area (Å²) in [6.45, 7) is 2.07. The summed E-state index contributed by atoms with van der Waals surface area (Å²) < 4.78 is 1.94. The van der Waals surface area contributed by atoms with Gasteiger partial charge in [-0.1, -0.05) is 17.7 Å². The molecule has 0 saturated heterocycles. The van der Waals surface area contributed by atoms with Crippen LogP contribution in [0.2, 0.25) is 5.02 Å². The van der Waals surface area contributed by atoms with Crippen molar-refractivity contribution in [1.29, 1.82) is 0 Å². The third-order valence-corrected chi connectivity index (χ3v) is 2.80. The summed E-state index contributed by atoms with van der Waals surface area (Å²) in [5, 5.41) is 9.52. The second kappa shape index (κ2) is 4.68. The molecule has 0 aliphatic heterocycles. The number of benzene rings is 1. The van der Waals surface area contributed by atoms with E-state index in [-0.39, 0.29) is 6.61 Å². The highest BCUT2D eigenvalue weighted by molar-refractivity contribution is 6.32. The van der Waals surface area contributed by atoms with Crippen LogP contribution in [0.25, 0.3) is 5.69 Å². The smallest absolute Gasteiger partial charge is 0.110 e. The molecule has 0 aliphatic carbocycles. The van der Waals surface area contributed by atoms with Gasteiger partial charge in [-0.25, -0.2) is 4.98 Å². The highest BCUT2D eigenvalue weighted by Gasteiger charge is 2.06. The van der Waals surface area contributed by atoms with E-state index < -0.39 is 0 Å². The van der Waals surface area contributed by atoms with Crippen LogP contribution >= 0.6 is 11.6 Å². The minimum Gasteiger partial charge on any atom is -0.396 e. The molecule has 2 aromatic rings. The van der Waals surface area contributed by atoms with Crippen LogP contribution in [0.3, 0.4) is 0 Å². The summed E-state index contributed by atoms with van der Waals surface area (Å²) in [7, 11) is 0. The van der Waals surface area contributed by atoms with Crippen LogP contribution in [-0.2, 0) is 6.42 Å². The molecule has 0 atom stereocenters. The number of hydrogen-bond acceptors (Lipinski definition) is 2. The molecule has 2 rings (SSSR count). The number of aromatic nitrogens is 2. The van der Waals surface area contributed by atoms with Gasteiger partial charge in [-0.15, -0.1) is 0 Å². The lowest BCUT2D eigenvalue weighted by Gasteiger charge is -2.09. The fourth-order valence-electron chi connectivity index (χ4n) is 1.66. The lowest BCUT2D eigenvalue weighted by Crippen LogP contribution is -1.98. The number of aliphatic hydroxyl groups is 1. The zero-order valence-corrected chi connectivity index (χ0v) is 9.78. The summed E-state index contributed by atoms with van der Waals surface area (Å²) in [4.78, 5) is 4.16. The van der Waals surface area contributed by atoms with Gasteiger partial charge in [0.2, 0.25) is 0 Å². The van der Waals surface area contributed by atoms with Crippen molar-refractivity contribution in [1.82, 2.24) is 9.55 Å². The molecule has 0 aliphatic rings. The Bertz CT molecular complexity index is 494. The summed E-state index contributed by atoms with van der Waals surface area (Å²) in [5.74, 6) is 0.900. The number of nitrogens with zero attached hydrogens (tertiary/aromatic N) is 2. The molecule has 0 amide bonds. The lowest BCUT2D eigenvalue weighted by atomic mass is 10.1. The second-order valence-electron chi connectivity index (χ2n) is 3.60. The van der Waals surface area contributed by atoms with Crippen molar-refractivity contribution in [3.05, 3.63) is 47.0 Å². The molecule has 0 spiro atoms. The first-order valence-electron chi connectivity index (χ1n) is 5.12. The van der Waals surface area contributed by atoms with Crippen LogP contribution in [0.5, 0.6) is 0 Å². The molecule has 0 saturated carbocycles. The van der Waals surface area contributed by atoms with E-state index in [9.17, 15) is 0 Å². The molecular formula is C12H13ClN2O. The van der Waals surface area contributed by atoms with Gasteiger partial charge in [0.05, 0.1) is 10.7 Å². The number of rotatable bonds is 3. The fourth-order valence-corrected chi connectivity index (χ4v) is 1.96. The molecule has 0 fully saturated rings. The Morgan fingerprint density at radius 1 is 1.44 bits per heavy atom. The standard InChI is InChI=1S/C12H13ClN2O/c1-9-14-5-6-15(9)12-3-2-10(4-7-16)8-11(12)13/h2-3,5-6,8,16H,4,7H2,1H3. The van der Waals surface area contributed by atoms with Crippen LogP contribution < -0.4 is 0 Å². The van der Waals surface area contributed by atoms with Gasteiger partial charge in [0, 0.05) is 19.0 Å². The van der Waals surface area contributed by atoms with Gasteiger partial charge in [-0.2, -0.15) is 0 Å². The SMILES string of the molecule is Cc1nccn1-c1ccc(CCO)cc1Cl. The molecule has 1 N–H and O–H groups in total. The van der Waals surface area contributed by atoms with Crippen LogP contribution in [-0.4, -0.2) is 21.3 Å². The molecule has 1 heterocycles. The van der Waals surface area contributed by atoms with Crippen molar-refractivity contribution >= 4 is 11.6 Å². The molecule has 1 aromatic heterocycles. The number of imidazole rings is 1. The molecule has 0 bridgehead atoms. The lowest BCUT2D eigenvalue weighted by molar-refractivity contribution is 0.299. The van der Waals surface area contributed by atoms with Gasteiger partial charge in [-0.05, 0) is 31.0 Å². The first-order valence-corrected chi connectivity index (χ1v) is 5.50. The Balaban J connectivity index is 2.40. The largest absolute Gasteiger partial charge is 0.396 e. The fraction of sp³-hybridized carbons (Fsp3) is 0.250.